The zero-order chi connectivity index (χ0) is 19.1. The molecular formula is C22H26N2O3. The molecule has 0 radical (unpaired) electrons. The van der Waals surface area contributed by atoms with Crippen molar-refractivity contribution in [1.29, 1.82) is 0 Å². The summed E-state index contributed by atoms with van der Waals surface area (Å²) in [6.07, 6.45) is 3.09. The molecule has 1 amide bonds. The number of hydrogen-bond acceptors (Lipinski definition) is 3. The summed E-state index contributed by atoms with van der Waals surface area (Å²) in [5.41, 5.74) is 4.12. The molecular weight excluding hydrogens is 340 g/mol. The van der Waals surface area contributed by atoms with Crippen molar-refractivity contribution in [3.05, 3.63) is 70.8 Å². The van der Waals surface area contributed by atoms with Crippen LogP contribution >= 0.6 is 0 Å². The van der Waals surface area contributed by atoms with Crippen molar-refractivity contribution in [2.45, 2.75) is 32.2 Å². The number of carboxylic acid groups (broad SMARTS) is 1. The van der Waals surface area contributed by atoms with Crippen LogP contribution in [0.25, 0.3) is 0 Å². The van der Waals surface area contributed by atoms with Gasteiger partial charge in [0.25, 0.3) is 0 Å². The monoisotopic (exact) mass is 366 g/mol. The molecule has 0 spiro atoms. The lowest BCUT2D eigenvalue weighted by Crippen LogP contribution is -2.33. The van der Waals surface area contributed by atoms with Crippen molar-refractivity contribution >= 4 is 11.9 Å². The molecule has 5 heteroatoms. The highest BCUT2D eigenvalue weighted by Gasteiger charge is 2.14. The summed E-state index contributed by atoms with van der Waals surface area (Å²) in [6.45, 7) is 3.76. The normalized spacial score (nSPS) is 13.8. The third-order valence-corrected chi connectivity index (χ3v) is 5.02. The predicted octanol–water partition coefficient (Wildman–Crippen LogP) is 2.88. The van der Waals surface area contributed by atoms with Crippen molar-refractivity contribution in [1.82, 2.24) is 10.2 Å². The van der Waals surface area contributed by atoms with E-state index in [1.54, 1.807) is 24.3 Å². The Morgan fingerprint density at radius 3 is 2.52 bits per heavy atom. The lowest BCUT2D eigenvalue weighted by molar-refractivity contribution is -0.121. The Hall–Kier alpha value is -2.66. The van der Waals surface area contributed by atoms with E-state index >= 15 is 0 Å². The second kappa shape index (κ2) is 9.33. The van der Waals surface area contributed by atoms with Crippen LogP contribution in [-0.2, 0) is 24.2 Å². The second-order valence-corrected chi connectivity index (χ2v) is 7.00. The fourth-order valence-electron chi connectivity index (χ4n) is 3.44. The number of carbonyl (C=O) groups excluding carboxylic acids is 1. The van der Waals surface area contributed by atoms with Gasteiger partial charge in [-0.25, -0.2) is 4.79 Å². The van der Waals surface area contributed by atoms with Gasteiger partial charge in [-0.05, 0) is 48.1 Å². The van der Waals surface area contributed by atoms with Crippen LogP contribution in [0.3, 0.4) is 0 Å². The molecule has 27 heavy (non-hydrogen) atoms. The van der Waals surface area contributed by atoms with Gasteiger partial charge in [-0.3, -0.25) is 9.69 Å². The Kier molecular flexibility index (Phi) is 6.60. The van der Waals surface area contributed by atoms with Gasteiger partial charge in [0.1, 0.15) is 0 Å². The number of amides is 1. The lowest BCUT2D eigenvalue weighted by atomic mass is 10.00. The Morgan fingerprint density at radius 2 is 1.78 bits per heavy atom. The Bertz CT molecular complexity index is 786. The minimum Gasteiger partial charge on any atom is -0.478 e. The van der Waals surface area contributed by atoms with E-state index in [0.717, 1.165) is 38.0 Å². The highest BCUT2D eigenvalue weighted by molar-refractivity contribution is 5.87. The van der Waals surface area contributed by atoms with Gasteiger partial charge >= 0.3 is 5.97 Å². The molecule has 2 aromatic rings. The number of fused-ring (bicyclic) bond motifs is 1. The van der Waals surface area contributed by atoms with E-state index in [9.17, 15) is 9.59 Å². The van der Waals surface area contributed by atoms with Crippen LogP contribution in [0.4, 0.5) is 0 Å². The van der Waals surface area contributed by atoms with Gasteiger partial charge in [0, 0.05) is 32.6 Å². The van der Waals surface area contributed by atoms with E-state index in [4.69, 9.17) is 5.11 Å². The first-order valence-corrected chi connectivity index (χ1v) is 9.50. The molecule has 2 N–H and O–H groups in total. The molecule has 5 nitrogen and oxygen atoms in total. The number of aromatic carboxylic acids is 1. The minimum atomic E-state index is -0.934. The molecule has 0 aliphatic carbocycles. The Balaban J connectivity index is 1.31. The van der Waals surface area contributed by atoms with Gasteiger partial charge in [-0.15, -0.1) is 0 Å². The van der Waals surface area contributed by atoms with Crippen molar-refractivity contribution in [3.8, 4) is 0 Å². The molecule has 0 unspecified atom stereocenters. The number of aryl methyl sites for hydroxylation is 1. The van der Waals surface area contributed by atoms with Crippen LogP contribution in [0, 0.1) is 0 Å². The van der Waals surface area contributed by atoms with Crippen LogP contribution < -0.4 is 5.32 Å². The predicted molar refractivity (Wildman–Crippen MR) is 105 cm³/mol. The lowest BCUT2D eigenvalue weighted by Gasteiger charge is -2.28. The van der Waals surface area contributed by atoms with Crippen LogP contribution in [0.2, 0.25) is 0 Å². The summed E-state index contributed by atoms with van der Waals surface area (Å²) in [6, 6.07) is 15.3. The number of rotatable bonds is 8. The maximum absolute atomic E-state index is 12.0. The van der Waals surface area contributed by atoms with E-state index < -0.39 is 5.97 Å². The van der Waals surface area contributed by atoms with E-state index in [-0.39, 0.29) is 11.5 Å². The summed E-state index contributed by atoms with van der Waals surface area (Å²) in [5.74, 6) is -0.891. The molecule has 0 bridgehead atoms. The molecule has 142 valence electrons. The van der Waals surface area contributed by atoms with Gasteiger partial charge in [0.2, 0.25) is 5.91 Å². The van der Waals surface area contributed by atoms with Crippen LogP contribution in [0.15, 0.2) is 48.5 Å². The summed E-state index contributed by atoms with van der Waals surface area (Å²) >= 11 is 0. The summed E-state index contributed by atoms with van der Waals surface area (Å²) in [4.78, 5) is 25.3. The number of carbonyl (C=O) groups is 2. The number of hydrogen-bond donors (Lipinski definition) is 2. The van der Waals surface area contributed by atoms with Gasteiger partial charge < -0.3 is 10.4 Å². The molecule has 1 heterocycles. The van der Waals surface area contributed by atoms with E-state index in [2.05, 4.69) is 34.5 Å². The molecule has 0 aromatic heterocycles. The SMILES string of the molecule is O=C(CCc1ccc(C(=O)O)cc1)NCCCN1CCc2ccccc2C1. The van der Waals surface area contributed by atoms with E-state index in [1.807, 2.05) is 0 Å². The zero-order valence-corrected chi connectivity index (χ0v) is 15.5. The van der Waals surface area contributed by atoms with Crippen molar-refractivity contribution in [3.63, 3.8) is 0 Å². The van der Waals surface area contributed by atoms with Crippen LogP contribution in [-0.4, -0.2) is 41.5 Å². The average molecular weight is 366 g/mol. The fourth-order valence-corrected chi connectivity index (χ4v) is 3.44. The van der Waals surface area contributed by atoms with Gasteiger partial charge in [-0.1, -0.05) is 36.4 Å². The largest absolute Gasteiger partial charge is 0.478 e. The van der Waals surface area contributed by atoms with Gasteiger partial charge in [-0.2, -0.15) is 0 Å². The number of nitrogens with one attached hydrogen (secondary N) is 1. The quantitative estimate of drug-likeness (QED) is 0.705. The Morgan fingerprint density at radius 1 is 1.04 bits per heavy atom. The standard InChI is InChI=1S/C22H26N2O3/c25-21(11-8-17-6-9-19(10-7-17)22(26)27)23-13-3-14-24-15-12-18-4-1-2-5-20(18)16-24/h1-2,4-7,9-10H,3,8,11-16H2,(H,23,25)(H,26,27). The molecule has 1 aliphatic rings. The molecule has 0 atom stereocenters. The molecule has 3 rings (SSSR count). The molecule has 1 aliphatic heterocycles. The minimum absolute atomic E-state index is 0.0429. The third kappa shape index (κ3) is 5.66. The first-order chi connectivity index (χ1) is 13.1. The van der Waals surface area contributed by atoms with E-state index in [1.165, 1.54) is 11.1 Å². The summed E-state index contributed by atoms with van der Waals surface area (Å²) in [7, 11) is 0. The smallest absolute Gasteiger partial charge is 0.335 e. The number of nitrogens with zero attached hydrogens (tertiary/aromatic N) is 1. The molecule has 0 fully saturated rings. The van der Waals surface area contributed by atoms with Gasteiger partial charge in [0.05, 0.1) is 5.56 Å². The topological polar surface area (TPSA) is 69.6 Å². The highest BCUT2D eigenvalue weighted by Crippen LogP contribution is 2.18. The first-order valence-electron chi connectivity index (χ1n) is 9.50. The van der Waals surface area contributed by atoms with Crippen LogP contribution in [0.1, 0.15) is 39.9 Å². The second-order valence-electron chi connectivity index (χ2n) is 7.00. The zero-order valence-electron chi connectivity index (χ0n) is 15.5. The molecule has 2 aromatic carbocycles. The molecule has 0 saturated heterocycles. The summed E-state index contributed by atoms with van der Waals surface area (Å²) in [5, 5.41) is 11.9. The van der Waals surface area contributed by atoms with Crippen molar-refractivity contribution < 1.29 is 14.7 Å². The van der Waals surface area contributed by atoms with Crippen molar-refractivity contribution in [2.75, 3.05) is 19.6 Å². The maximum atomic E-state index is 12.0. The maximum Gasteiger partial charge on any atom is 0.335 e. The molecule has 0 saturated carbocycles. The van der Waals surface area contributed by atoms with Gasteiger partial charge in [0.15, 0.2) is 0 Å². The highest BCUT2D eigenvalue weighted by atomic mass is 16.4. The average Bonchev–Trinajstić information content (AvgIpc) is 2.70. The van der Waals surface area contributed by atoms with Crippen LogP contribution in [0.5, 0.6) is 0 Å². The van der Waals surface area contributed by atoms with Crippen molar-refractivity contribution in [2.24, 2.45) is 0 Å². The van der Waals surface area contributed by atoms with E-state index in [0.29, 0.717) is 19.4 Å². The Labute approximate surface area is 160 Å². The third-order valence-electron chi connectivity index (χ3n) is 5.02. The number of benzene rings is 2. The summed E-state index contributed by atoms with van der Waals surface area (Å²) < 4.78 is 0. The fraction of sp³-hybridized carbons (Fsp3) is 0.364. The first kappa shape index (κ1) is 19.1. The number of carboxylic acids is 1.